The van der Waals surface area contributed by atoms with Gasteiger partial charge in [0.15, 0.2) is 0 Å². The maximum absolute atomic E-state index is 11.0. The van der Waals surface area contributed by atoms with Gasteiger partial charge in [-0.05, 0) is 207 Å². The first kappa shape index (κ1) is 61.2. The van der Waals surface area contributed by atoms with Crippen LogP contribution in [0.15, 0.2) is 91.0 Å². The number of ether oxygens (including phenoxy) is 5. The number of rotatable bonds is 20. The van der Waals surface area contributed by atoms with Gasteiger partial charge in [-0.2, -0.15) is 26.3 Å². The average Bonchev–Trinajstić information content (AvgIpc) is 3.48. The molecule has 0 heterocycles. The fourth-order valence-electron chi connectivity index (χ4n) is 8.19. The molecule has 0 aromatic heterocycles. The molecule has 5 atom stereocenters. The van der Waals surface area contributed by atoms with Crippen LogP contribution in [0, 0.1) is 80.3 Å². The van der Waals surface area contributed by atoms with Gasteiger partial charge in [-0.25, -0.2) is 0 Å². The molecule has 10 nitrogen and oxygen atoms in total. The minimum atomic E-state index is 0.221. The second-order valence-electron chi connectivity index (χ2n) is 20.9. The Hall–Kier alpha value is -8.02. The van der Waals surface area contributed by atoms with E-state index in [0.29, 0.717) is 145 Å². The van der Waals surface area contributed by atoms with Crippen molar-refractivity contribution in [1.29, 1.82) is 26.3 Å². The van der Waals surface area contributed by atoms with Gasteiger partial charge >= 0.3 is 0 Å². The van der Waals surface area contributed by atoms with E-state index in [1.807, 2.05) is 91.0 Å². The fraction of sp³-hybridized carbons (Fsp3) is 0.348. The van der Waals surface area contributed by atoms with Crippen molar-refractivity contribution in [2.24, 2.45) is 23.7 Å². The van der Waals surface area contributed by atoms with E-state index in [4.69, 9.17) is 23.7 Å². The first-order valence-corrected chi connectivity index (χ1v) is 29.0. The maximum atomic E-state index is 11.0. The van der Waals surface area contributed by atoms with Gasteiger partial charge in [-0.1, -0.05) is 111 Å². The summed E-state index contributed by atoms with van der Waals surface area (Å²) in [7, 11) is 0. The minimum Gasteiger partial charge on any atom is -0.493 e. The highest BCUT2D eigenvalue weighted by atomic mass is 127. The van der Waals surface area contributed by atoms with E-state index >= 15 is 0 Å². The monoisotopic (exact) mass is 1180 g/mol. The molecule has 5 aromatic carbocycles. The van der Waals surface area contributed by atoms with Gasteiger partial charge in [0.05, 0.1) is 91.2 Å². The summed E-state index contributed by atoms with van der Waals surface area (Å²) < 4.78 is 32.3. The Labute approximate surface area is 488 Å². The van der Waals surface area contributed by atoms with Crippen LogP contribution in [-0.4, -0.2) is 37.0 Å². The molecule has 410 valence electrons. The van der Waals surface area contributed by atoms with Crippen molar-refractivity contribution in [2.75, 3.05) is 33.0 Å². The standard InChI is InChI=1S/C69H72IN5O5/c1-10-45(6)40-76-65-25-49-15-55(31-65)60(36-72)22-51-17-57(33-67(27-51)78-42-47(8)12-3)62(38-74)24-53-19-58(34-69(29-53)80-44-64(70)14-5)63(39-75)23-52-18-56(32-68(28-52)79-43-48(9)13-4)61(37-73)21-50-16-54(59(20-49)35-71)30-66(26-50)77-41-46(7)11-2/h15-34,45-48,64H,10-14,40-44H2,1-9H3/b59-20?,60-22+,61-21+,62-24+,63-23+/t45-,46-,47-,48-,64-/m0/s1. The summed E-state index contributed by atoms with van der Waals surface area (Å²) in [5.41, 5.74) is 7.40. The molecule has 10 bridgehead atoms. The second-order valence-corrected chi connectivity index (χ2v) is 22.7. The summed E-state index contributed by atoms with van der Waals surface area (Å²) in [6, 6.07) is 39.9. The lowest BCUT2D eigenvalue weighted by Gasteiger charge is -2.15. The first-order chi connectivity index (χ1) is 38.6. The third kappa shape index (κ3) is 17.7. The van der Waals surface area contributed by atoms with Crippen LogP contribution >= 0.6 is 22.6 Å². The molecule has 0 saturated heterocycles. The summed E-state index contributed by atoms with van der Waals surface area (Å²) >= 11 is 2.37. The Balaban J connectivity index is 1.73. The van der Waals surface area contributed by atoms with Crippen LogP contribution in [0.2, 0.25) is 0 Å². The van der Waals surface area contributed by atoms with Crippen LogP contribution in [-0.2, 0) is 0 Å². The lowest BCUT2D eigenvalue weighted by molar-refractivity contribution is 0.256. The Bertz CT molecular complexity index is 2870. The molecule has 1 aliphatic carbocycles. The minimum absolute atomic E-state index is 0.221. The topological polar surface area (TPSA) is 165 Å². The lowest BCUT2D eigenvalue weighted by Crippen LogP contribution is -2.09. The zero-order chi connectivity index (χ0) is 57.7. The van der Waals surface area contributed by atoms with Gasteiger partial charge < -0.3 is 23.7 Å². The van der Waals surface area contributed by atoms with Crippen molar-refractivity contribution in [1.82, 2.24) is 0 Å². The quantitative estimate of drug-likeness (QED) is 0.0541. The zero-order valence-electron chi connectivity index (χ0n) is 47.7. The summed E-state index contributed by atoms with van der Waals surface area (Å²) in [5.74, 6) is 3.62. The van der Waals surface area contributed by atoms with Crippen molar-refractivity contribution in [2.45, 2.75) is 98.3 Å². The average molecular weight is 1180 g/mol. The van der Waals surface area contributed by atoms with Crippen molar-refractivity contribution in [3.63, 3.8) is 0 Å². The Morgan fingerprint density at radius 1 is 0.312 bits per heavy atom. The molecule has 0 saturated carbocycles. The van der Waals surface area contributed by atoms with Crippen LogP contribution in [0.3, 0.4) is 0 Å². The molecular weight excluding hydrogens is 1110 g/mol. The Morgan fingerprint density at radius 2 is 0.512 bits per heavy atom. The van der Waals surface area contributed by atoms with E-state index in [0.717, 1.165) is 32.1 Å². The van der Waals surface area contributed by atoms with Crippen LogP contribution in [0.25, 0.3) is 58.2 Å². The number of nitriles is 5. The highest BCUT2D eigenvalue weighted by Crippen LogP contribution is 2.35. The predicted octanol–water partition coefficient (Wildman–Crippen LogP) is 17.6. The molecule has 0 spiro atoms. The molecule has 0 amide bonds. The first-order valence-electron chi connectivity index (χ1n) is 27.8. The molecule has 0 aliphatic heterocycles. The number of fused-ring (bicyclic) bond motifs is 10. The van der Waals surface area contributed by atoms with Crippen molar-refractivity contribution in [3.8, 4) is 59.1 Å². The molecule has 80 heavy (non-hydrogen) atoms. The molecule has 1 aliphatic rings. The van der Waals surface area contributed by atoms with Crippen LogP contribution in [0.5, 0.6) is 28.7 Å². The molecule has 6 rings (SSSR count). The van der Waals surface area contributed by atoms with E-state index in [9.17, 15) is 26.3 Å². The Kier molecular flexibility index (Phi) is 23.2. The van der Waals surface area contributed by atoms with E-state index in [1.165, 1.54) is 0 Å². The van der Waals surface area contributed by atoms with E-state index in [2.05, 4.69) is 115 Å². The zero-order valence-corrected chi connectivity index (χ0v) is 49.8. The van der Waals surface area contributed by atoms with Gasteiger partial charge in [0.1, 0.15) is 28.7 Å². The van der Waals surface area contributed by atoms with Gasteiger partial charge in [0.2, 0.25) is 0 Å². The molecule has 0 unspecified atom stereocenters. The highest BCUT2D eigenvalue weighted by Gasteiger charge is 2.17. The van der Waals surface area contributed by atoms with Crippen LogP contribution in [0.4, 0.5) is 0 Å². The predicted molar refractivity (Wildman–Crippen MR) is 333 cm³/mol. The largest absolute Gasteiger partial charge is 0.493 e. The van der Waals surface area contributed by atoms with Crippen LogP contribution in [0.1, 0.15) is 150 Å². The molecule has 0 radical (unpaired) electrons. The number of halogens is 1. The number of hydrogen-bond donors (Lipinski definition) is 0. The van der Waals surface area contributed by atoms with E-state index < -0.39 is 0 Å². The van der Waals surface area contributed by atoms with Gasteiger partial charge in [-0.15, -0.1) is 0 Å². The Morgan fingerprint density at radius 3 is 0.688 bits per heavy atom. The van der Waals surface area contributed by atoms with Crippen LogP contribution < -0.4 is 23.7 Å². The lowest BCUT2D eigenvalue weighted by atomic mass is 9.96. The van der Waals surface area contributed by atoms with Gasteiger partial charge in [0, 0.05) is 3.92 Å². The van der Waals surface area contributed by atoms with Gasteiger partial charge in [0.25, 0.3) is 0 Å². The van der Waals surface area contributed by atoms with E-state index in [1.54, 1.807) is 30.4 Å². The molecule has 0 fully saturated rings. The van der Waals surface area contributed by atoms with Crippen molar-refractivity contribution in [3.05, 3.63) is 147 Å². The number of alkyl halides is 1. The maximum Gasteiger partial charge on any atom is 0.120 e. The third-order valence-corrected chi connectivity index (χ3v) is 15.4. The molecular formula is C69H72IN5O5. The smallest absolute Gasteiger partial charge is 0.120 e. The second kappa shape index (κ2) is 30.4. The summed E-state index contributed by atoms with van der Waals surface area (Å²) in [4.78, 5) is 0. The van der Waals surface area contributed by atoms with Gasteiger partial charge in [-0.3, -0.25) is 0 Å². The summed E-state index contributed by atoms with van der Waals surface area (Å²) in [5, 5.41) is 55.0. The number of allylic oxidation sites excluding steroid dienone is 5. The highest BCUT2D eigenvalue weighted by molar-refractivity contribution is 14.1. The number of hydrogen-bond acceptors (Lipinski definition) is 10. The number of nitrogens with zero attached hydrogens (tertiary/aromatic N) is 5. The molecule has 11 heteroatoms. The van der Waals surface area contributed by atoms with Crippen molar-refractivity contribution < 1.29 is 23.7 Å². The summed E-state index contributed by atoms with van der Waals surface area (Å²) in [6.07, 6.45) is 13.3. The SMILES string of the molecule is CC[C@H](C)COc1cc2cc(c1)C(C#N)=Cc1cc(OC[C@@H](C)CC)cc(c1)/C(C#N)=C/c1cc(OC[C@@H](C)CC)cc(c1)/C(C#N)=C/c1cc(OC[C@@H](I)CC)cc(c1)/C(C#N)=C/c1cc(OC[C@@H](C)CC)cc(c1)/C(C#N)=C/2. The fourth-order valence-corrected chi connectivity index (χ4v) is 8.37. The van der Waals surface area contributed by atoms with E-state index in [-0.39, 0.29) is 27.6 Å². The third-order valence-electron chi connectivity index (χ3n) is 14.2. The molecule has 5 aromatic rings. The molecule has 0 N–H and O–H groups in total. The summed E-state index contributed by atoms with van der Waals surface area (Å²) in [6.45, 7) is 21.1. The normalized spacial score (nSPS) is 16.8. The van der Waals surface area contributed by atoms with Crippen molar-refractivity contribution >= 4 is 80.8 Å². The number of benzene rings is 5.